The van der Waals surface area contributed by atoms with Crippen LogP contribution in [0.25, 0.3) is 0 Å². The van der Waals surface area contributed by atoms with Crippen LogP contribution in [0.2, 0.25) is 0 Å². The number of fused-ring (bicyclic) bond motifs is 1. The van der Waals surface area contributed by atoms with E-state index in [0.717, 1.165) is 36.1 Å². The van der Waals surface area contributed by atoms with E-state index in [9.17, 15) is 9.59 Å². The summed E-state index contributed by atoms with van der Waals surface area (Å²) in [7, 11) is 0. The van der Waals surface area contributed by atoms with Crippen molar-refractivity contribution < 1.29 is 14.3 Å². The highest BCUT2D eigenvalue weighted by Gasteiger charge is 2.45. The van der Waals surface area contributed by atoms with Crippen LogP contribution in [0.4, 0.5) is 4.79 Å². The molecule has 2 aliphatic heterocycles. The van der Waals surface area contributed by atoms with Crippen LogP contribution in [0, 0.1) is 6.92 Å². The summed E-state index contributed by atoms with van der Waals surface area (Å²) in [6, 6.07) is 5.46. The number of hydrogen-bond donors (Lipinski definition) is 0. The molecule has 0 saturated carbocycles. The van der Waals surface area contributed by atoms with Crippen molar-refractivity contribution in [2.24, 2.45) is 0 Å². The minimum Gasteiger partial charge on any atom is -0.494 e. The maximum Gasteiger partial charge on any atom is 0.327 e. The molecule has 2 aliphatic rings. The molecule has 118 valence electrons. The first-order valence-electron chi connectivity index (χ1n) is 7.96. The monoisotopic (exact) mass is 302 g/mol. The summed E-state index contributed by atoms with van der Waals surface area (Å²) < 4.78 is 5.53. The van der Waals surface area contributed by atoms with Crippen LogP contribution >= 0.6 is 0 Å². The smallest absolute Gasteiger partial charge is 0.327 e. The Bertz CT molecular complexity index is 576. The third-order valence-corrected chi connectivity index (χ3v) is 4.41. The number of carbonyl (C=O) groups excluding carboxylic acids is 2. The van der Waals surface area contributed by atoms with Gasteiger partial charge in [0.25, 0.3) is 5.91 Å². The van der Waals surface area contributed by atoms with Gasteiger partial charge < -0.3 is 9.64 Å². The van der Waals surface area contributed by atoms with Crippen LogP contribution in [-0.2, 0) is 11.3 Å². The first kappa shape index (κ1) is 14.9. The van der Waals surface area contributed by atoms with Gasteiger partial charge in [0.1, 0.15) is 11.8 Å². The van der Waals surface area contributed by atoms with Gasteiger partial charge in [0.05, 0.1) is 13.2 Å². The summed E-state index contributed by atoms with van der Waals surface area (Å²) in [6.07, 6.45) is 2.81. The summed E-state index contributed by atoms with van der Waals surface area (Å²) in [4.78, 5) is 28.0. The molecule has 22 heavy (non-hydrogen) atoms. The molecule has 2 heterocycles. The Morgan fingerprint density at radius 2 is 2.09 bits per heavy atom. The van der Waals surface area contributed by atoms with Gasteiger partial charge in [-0.05, 0) is 50.3 Å². The van der Waals surface area contributed by atoms with Crippen LogP contribution in [0.15, 0.2) is 18.2 Å². The largest absolute Gasteiger partial charge is 0.494 e. The zero-order valence-corrected chi connectivity index (χ0v) is 13.2. The van der Waals surface area contributed by atoms with Crippen LogP contribution in [0.1, 0.15) is 37.3 Å². The summed E-state index contributed by atoms with van der Waals surface area (Å²) in [5.74, 6) is 0.805. The molecule has 5 heteroatoms. The van der Waals surface area contributed by atoms with Gasteiger partial charge >= 0.3 is 6.03 Å². The van der Waals surface area contributed by atoms with Gasteiger partial charge in [-0.25, -0.2) is 4.79 Å². The van der Waals surface area contributed by atoms with Crippen LogP contribution in [0.5, 0.6) is 5.75 Å². The van der Waals surface area contributed by atoms with Crippen molar-refractivity contribution in [2.45, 2.75) is 45.7 Å². The summed E-state index contributed by atoms with van der Waals surface area (Å²) in [6.45, 7) is 5.60. The van der Waals surface area contributed by atoms with E-state index in [-0.39, 0.29) is 18.0 Å². The Morgan fingerprint density at radius 1 is 1.27 bits per heavy atom. The van der Waals surface area contributed by atoms with Crippen LogP contribution < -0.4 is 4.74 Å². The summed E-state index contributed by atoms with van der Waals surface area (Å²) in [5, 5.41) is 0. The number of ether oxygens (including phenoxy) is 1. The lowest BCUT2D eigenvalue weighted by atomic mass is 10.0. The second-order valence-corrected chi connectivity index (χ2v) is 5.94. The molecule has 1 aromatic rings. The lowest BCUT2D eigenvalue weighted by Crippen LogP contribution is -2.38. The highest BCUT2D eigenvalue weighted by molar-refractivity contribution is 6.04. The van der Waals surface area contributed by atoms with Gasteiger partial charge in [0, 0.05) is 6.54 Å². The molecule has 1 aromatic carbocycles. The van der Waals surface area contributed by atoms with Crippen molar-refractivity contribution in [3.8, 4) is 5.75 Å². The van der Waals surface area contributed by atoms with E-state index in [1.807, 2.05) is 32.0 Å². The molecule has 3 rings (SSSR count). The number of urea groups is 1. The molecule has 5 nitrogen and oxygen atoms in total. The number of rotatable bonds is 4. The molecule has 0 N–H and O–H groups in total. The van der Waals surface area contributed by atoms with E-state index in [4.69, 9.17) is 4.74 Å². The standard InChI is InChI=1S/C17H22N2O3/c1-3-22-15-8-7-13(10-12(15)2)11-19-16(20)14-6-4-5-9-18(14)17(19)21/h7-8,10,14H,3-6,9,11H2,1-2H3/t14-/m1/s1. The van der Waals surface area contributed by atoms with Crippen molar-refractivity contribution in [1.29, 1.82) is 0 Å². The zero-order valence-electron chi connectivity index (χ0n) is 13.2. The average Bonchev–Trinajstić information content (AvgIpc) is 2.76. The third-order valence-electron chi connectivity index (χ3n) is 4.41. The van der Waals surface area contributed by atoms with Gasteiger partial charge in [-0.1, -0.05) is 12.1 Å². The van der Waals surface area contributed by atoms with E-state index in [1.54, 1.807) is 4.90 Å². The van der Waals surface area contributed by atoms with Crippen molar-refractivity contribution >= 4 is 11.9 Å². The number of carbonyl (C=O) groups is 2. The fourth-order valence-corrected chi connectivity index (χ4v) is 3.30. The van der Waals surface area contributed by atoms with Gasteiger partial charge in [-0.2, -0.15) is 0 Å². The van der Waals surface area contributed by atoms with Gasteiger partial charge in [0.15, 0.2) is 0 Å². The Balaban J connectivity index is 1.76. The first-order chi connectivity index (χ1) is 10.6. The van der Waals surface area contributed by atoms with Gasteiger partial charge in [-0.15, -0.1) is 0 Å². The second kappa shape index (κ2) is 5.99. The molecular weight excluding hydrogens is 280 g/mol. The number of imide groups is 1. The van der Waals surface area contributed by atoms with Crippen LogP contribution in [-0.4, -0.2) is 40.9 Å². The van der Waals surface area contributed by atoms with Crippen molar-refractivity contribution in [2.75, 3.05) is 13.2 Å². The SMILES string of the molecule is CCOc1ccc(CN2C(=O)[C@H]3CCCCN3C2=O)cc1C. The molecule has 0 radical (unpaired) electrons. The molecule has 1 atom stereocenters. The fourth-order valence-electron chi connectivity index (χ4n) is 3.30. The van der Waals surface area contributed by atoms with E-state index >= 15 is 0 Å². The van der Waals surface area contributed by atoms with Crippen molar-refractivity contribution in [3.05, 3.63) is 29.3 Å². The molecule has 0 aliphatic carbocycles. The Hall–Kier alpha value is -2.04. The van der Waals surface area contributed by atoms with E-state index < -0.39 is 0 Å². The van der Waals surface area contributed by atoms with Crippen molar-refractivity contribution in [3.63, 3.8) is 0 Å². The maximum absolute atomic E-state index is 12.4. The molecule has 0 unspecified atom stereocenters. The zero-order chi connectivity index (χ0) is 15.7. The molecule has 2 saturated heterocycles. The van der Waals surface area contributed by atoms with E-state index in [2.05, 4.69) is 0 Å². The summed E-state index contributed by atoms with van der Waals surface area (Å²) in [5.41, 5.74) is 1.98. The predicted octanol–water partition coefficient (Wildman–Crippen LogP) is 2.71. The van der Waals surface area contributed by atoms with Gasteiger partial charge in [-0.3, -0.25) is 9.69 Å². The number of piperidine rings is 1. The number of benzene rings is 1. The normalized spacial score (nSPS) is 21.3. The Kier molecular flexibility index (Phi) is 4.05. The average molecular weight is 302 g/mol. The van der Waals surface area contributed by atoms with Crippen LogP contribution in [0.3, 0.4) is 0 Å². The predicted molar refractivity (Wildman–Crippen MR) is 82.6 cm³/mol. The van der Waals surface area contributed by atoms with E-state index in [1.165, 1.54) is 4.90 Å². The highest BCUT2D eigenvalue weighted by Crippen LogP contribution is 2.28. The quantitative estimate of drug-likeness (QED) is 0.804. The molecular formula is C17H22N2O3. The highest BCUT2D eigenvalue weighted by atomic mass is 16.5. The fraction of sp³-hybridized carbons (Fsp3) is 0.529. The molecule has 0 bridgehead atoms. The first-order valence-corrected chi connectivity index (χ1v) is 7.96. The lowest BCUT2D eigenvalue weighted by Gasteiger charge is -2.26. The Labute approximate surface area is 130 Å². The van der Waals surface area contributed by atoms with Crippen molar-refractivity contribution in [1.82, 2.24) is 9.80 Å². The lowest BCUT2D eigenvalue weighted by molar-refractivity contribution is -0.129. The van der Waals surface area contributed by atoms with E-state index in [0.29, 0.717) is 19.7 Å². The molecule has 0 aromatic heterocycles. The van der Waals surface area contributed by atoms with Gasteiger partial charge in [0.2, 0.25) is 0 Å². The minimum atomic E-state index is -0.231. The number of hydrogen-bond acceptors (Lipinski definition) is 3. The number of nitrogens with zero attached hydrogens (tertiary/aromatic N) is 2. The maximum atomic E-state index is 12.4. The third kappa shape index (κ3) is 2.56. The molecule has 2 fully saturated rings. The number of aryl methyl sites for hydroxylation is 1. The number of amides is 3. The summed E-state index contributed by atoms with van der Waals surface area (Å²) >= 11 is 0. The molecule has 0 spiro atoms. The topological polar surface area (TPSA) is 49.9 Å². The second-order valence-electron chi connectivity index (χ2n) is 5.94. The minimum absolute atomic E-state index is 0.0452. The molecule has 3 amide bonds. The Morgan fingerprint density at radius 3 is 2.77 bits per heavy atom.